The largest absolute Gasteiger partial charge is 0.478 e. The van der Waals surface area contributed by atoms with Crippen molar-refractivity contribution in [1.29, 1.82) is 0 Å². The summed E-state index contributed by atoms with van der Waals surface area (Å²) in [7, 11) is 0. The minimum absolute atomic E-state index is 0.224. The average Bonchev–Trinajstić information content (AvgIpc) is 2.47. The predicted octanol–water partition coefficient (Wildman–Crippen LogP) is 1.89. The molecule has 1 aliphatic heterocycles. The Labute approximate surface area is 116 Å². The van der Waals surface area contributed by atoms with Crippen molar-refractivity contribution >= 4 is 22.6 Å². The van der Waals surface area contributed by atoms with Crippen molar-refractivity contribution < 1.29 is 15.0 Å². The van der Waals surface area contributed by atoms with Gasteiger partial charge in [-0.3, -0.25) is 0 Å². The predicted molar refractivity (Wildman–Crippen MR) is 76.2 cm³/mol. The molecule has 0 saturated carbocycles. The summed E-state index contributed by atoms with van der Waals surface area (Å²) in [6, 6.07) is 7.42. The molecular formula is C15H16N2O3. The summed E-state index contributed by atoms with van der Waals surface area (Å²) < 4.78 is 0. The minimum atomic E-state index is -0.964. The van der Waals surface area contributed by atoms with Gasteiger partial charge >= 0.3 is 5.97 Å². The van der Waals surface area contributed by atoms with Crippen molar-refractivity contribution in [3.63, 3.8) is 0 Å². The van der Waals surface area contributed by atoms with Crippen LogP contribution in [0.5, 0.6) is 0 Å². The lowest BCUT2D eigenvalue weighted by molar-refractivity contribution is 0.0698. The molecule has 1 fully saturated rings. The number of aliphatic hydroxyl groups excluding tert-OH is 1. The van der Waals surface area contributed by atoms with Gasteiger partial charge in [0.2, 0.25) is 0 Å². The Kier molecular flexibility index (Phi) is 3.28. The highest BCUT2D eigenvalue weighted by atomic mass is 16.4. The Morgan fingerprint density at radius 3 is 2.50 bits per heavy atom. The van der Waals surface area contributed by atoms with Crippen LogP contribution < -0.4 is 4.90 Å². The number of nitrogens with zero attached hydrogens (tertiary/aromatic N) is 2. The van der Waals surface area contributed by atoms with Gasteiger partial charge in [0.25, 0.3) is 0 Å². The molecule has 0 amide bonds. The molecule has 0 spiro atoms. The van der Waals surface area contributed by atoms with Crippen molar-refractivity contribution in [2.75, 3.05) is 18.0 Å². The van der Waals surface area contributed by atoms with E-state index in [0.29, 0.717) is 5.39 Å². The smallest absolute Gasteiger partial charge is 0.337 e. The zero-order valence-electron chi connectivity index (χ0n) is 11.0. The molecule has 0 unspecified atom stereocenters. The van der Waals surface area contributed by atoms with Gasteiger partial charge in [0.15, 0.2) is 0 Å². The average molecular weight is 272 g/mol. The topological polar surface area (TPSA) is 73.7 Å². The van der Waals surface area contributed by atoms with Crippen LogP contribution in [0, 0.1) is 0 Å². The van der Waals surface area contributed by atoms with Crippen LogP contribution in [-0.4, -0.2) is 40.4 Å². The van der Waals surface area contributed by atoms with Crippen LogP contribution in [0.3, 0.4) is 0 Å². The number of hydrogen-bond donors (Lipinski definition) is 2. The van der Waals surface area contributed by atoms with E-state index in [4.69, 9.17) is 0 Å². The number of aromatic carboxylic acids is 1. The summed E-state index contributed by atoms with van der Waals surface area (Å²) in [5.41, 5.74) is 0.224. The number of rotatable bonds is 2. The summed E-state index contributed by atoms with van der Waals surface area (Å²) >= 11 is 0. The fourth-order valence-electron chi connectivity index (χ4n) is 2.68. The quantitative estimate of drug-likeness (QED) is 0.873. The maximum Gasteiger partial charge on any atom is 0.337 e. The lowest BCUT2D eigenvalue weighted by Gasteiger charge is -2.31. The molecule has 5 nitrogen and oxygen atoms in total. The first kappa shape index (κ1) is 12.9. The first-order valence-corrected chi connectivity index (χ1v) is 6.71. The van der Waals surface area contributed by atoms with E-state index >= 15 is 0 Å². The number of hydrogen-bond acceptors (Lipinski definition) is 4. The highest BCUT2D eigenvalue weighted by molar-refractivity contribution is 6.06. The standard InChI is InChI=1S/C15H16N2O3/c18-10-5-7-17(8-6-10)14-12-4-2-1-3-11(12)13(9-16-14)15(19)20/h1-4,9-10,18H,5-8H2,(H,19,20). The number of carbonyl (C=O) groups is 1. The molecule has 0 atom stereocenters. The van der Waals surface area contributed by atoms with Gasteiger partial charge in [0.1, 0.15) is 5.82 Å². The third-order valence-electron chi connectivity index (χ3n) is 3.77. The molecule has 0 aliphatic carbocycles. The fourth-order valence-corrected chi connectivity index (χ4v) is 2.68. The number of pyridine rings is 1. The number of carboxylic acid groups (broad SMARTS) is 1. The number of aromatic nitrogens is 1. The highest BCUT2D eigenvalue weighted by Gasteiger charge is 2.21. The summed E-state index contributed by atoms with van der Waals surface area (Å²) in [4.78, 5) is 17.7. The third-order valence-corrected chi connectivity index (χ3v) is 3.77. The van der Waals surface area contributed by atoms with Gasteiger partial charge in [-0.2, -0.15) is 0 Å². The maximum atomic E-state index is 11.3. The van der Waals surface area contributed by atoms with Crippen LogP contribution in [-0.2, 0) is 0 Å². The second kappa shape index (κ2) is 5.09. The minimum Gasteiger partial charge on any atom is -0.478 e. The lowest BCUT2D eigenvalue weighted by Crippen LogP contribution is -2.36. The fraction of sp³-hybridized carbons (Fsp3) is 0.333. The summed E-state index contributed by atoms with van der Waals surface area (Å²) in [5.74, 6) is -0.160. The molecule has 1 saturated heterocycles. The molecule has 1 aliphatic rings. The Hall–Kier alpha value is -2.14. The number of fused-ring (bicyclic) bond motifs is 1. The second-order valence-corrected chi connectivity index (χ2v) is 5.06. The molecule has 2 heterocycles. The molecule has 2 aromatic rings. The van der Waals surface area contributed by atoms with E-state index in [-0.39, 0.29) is 11.7 Å². The molecule has 1 aromatic carbocycles. The van der Waals surface area contributed by atoms with Crippen molar-refractivity contribution in [2.24, 2.45) is 0 Å². The normalized spacial score (nSPS) is 16.6. The van der Waals surface area contributed by atoms with Gasteiger partial charge in [-0.15, -0.1) is 0 Å². The monoisotopic (exact) mass is 272 g/mol. The van der Waals surface area contributed by atoms with Crippen LogP contribution in [0.2, 0.25) is 0 Å². The van der Waals surface area contributed by atoms with Gasteiger partial charge in [-0.05, 0) is 12.8 Å². The molecule has 0 radical (unpaired) electrons. The molecule has 104 valence electrons. The first-order valence-electron chi connectivity index (χ1n) is 6.71. The van der Waals surface area contributed by atoms with E-state index in [1.165, 1.54) is 6.20 Å². The SMILES string of the molecule is O=C(O)c1cnc(N2CCC(O)CC2)c2ccccc12. The van der Waals surface area contributed by atoms with Crippen molar-refractivity contribution in [2.45, 2.75) is 18.9 Å². The zero-order valence-corrected chi connectivity index (χ0v) is 11.0. The summed E-state index contributed by atoms with van der Waals surface area (Å²) in [5, 5.41) is 20.4. The van der Waals surface area contributed by atoms with Gasteiger partial charge < -0.3 is 15.1 Å². The maximum absolute atomic E-state index is 11.3. The highest BCUT2D eigenvalue weighted by Crippen LogP contribution is 2.29. The molecule has 20 heavy (non-hydrogen) atoms. The zero-order chi connectivity index (χ0) is 14.1. The van der Waals surface area contributed by atoms with E-state index in [2.05, 4.69) is 9.88 Å². The van der Waals surface area contributed by atoms with E-state index in [1.54, 1.807) is 0 Å². The van der Waals surface area contributed by atoms with Crippen LogP contribution in [0.4, 0.5) is 5.82 Å². The van der Waals surface area contributed by atoms with Crippen LogP contribution >= 0.6 is 0 Å². The molecule has 2 N–H and O–H groups in total. The number of benzene rings is 1. The lowest BCUT2D eigenvalue weighted by atomic mass is 10.0. The Morgan fingerprint density at radius 1 is 1.20 bits per heavy atom. The van der Waals surface area contributed by atoms with Gasteiger partial charge in [-0.25, -0.2) is 9.78 Å². The van der Waals surface area contributed by atoms with Crippen molar-refractivity contribution in [3.8, 4) is 0 Å². The third kappa shape index (κ3) is 2.20. The summed E-state index contributed by atoms with van der Waals surface area (Å²) in [6.07, 6.45) is 2.62. The van der Waals surface area contributed by atoms with Crippen molar-refractivity contribution in [1.82, 2.24) is 4.98 Å². The van der Waals surface area contributed by atoms with E-state index in [1.807, 2.05) is 24.3 Å². The number of anilines is 1. The summed E-state index contributed by atoms with van der Waals surface area (Å²) in [6.45, 7) is 1.48. The van der Waals surface area contributed by atoms with Gasteiger partial charge in [-0.1, -0.05) is 24.3 Å². The molecule has 0 bridgehead atoms. The Balaban J connectivity index is 2.08. The van der Waals surface area contributed by atoms with Crippen LogP contribution in [0.15, 0.2) is 30.5 Å². The van der Waals surface area contributed by atoms with E-state index < -0.39 is 5.97 Å². The van der Waals surface area contributed by atoms with Crippen molar-refractivity contribution in [3.05, 3.63) is 36.0 Å². The van der Waals surface area contributed by atoms with Gasteiger partial charge in [0, 0.05) is 30.1 Å². The van der Waals surface area contributed by atoms with E-state index in [0.717, 1.165) is 37.1 Å². The molecule has 5 heteroatoms. The Bertz CT molecular complexity index is 649. The Morgan fingerprint density at radius 2 is 1.85 bits per heavy atom. The number of carboxylic acids is 1. The number of piperidine rings is 1. The van der Waals surface area contributed by atoms with Crippen LogP contribution in [0.25, 0.3) is 10.8 Å². The molecular weight excluding hydrogens is 256 g/mol. The second-order valence-electron chi connectivity index (χ2n) is 5.06. The molecule has 3 rings (SSSR count). The molecule has 1 aromatic heterocycles. The number of aliphatic hydroxyl groups is 1. The first-order chi connectivity index (χ1) is 9.66. The van der Waals surface area contributed by atoms with E-state index in [9.17, 15) is 15.0 Å². The van der Waals surface area contributed by atoms with Gasteiger partial charge in [0.05, 0.1) is 11.7 Å². The van der Waals surface area contributed by atoms with Crippen LogP contribution in [0.1, 0.15) is 23.2 Å².